The molecule has 2 N–H and O–H groups in total. The van der Waals surface area contributed by atoms with Crippen molar-refractivity contribution >= 4 is 5.78 Å². The molecule has 1 atom stereocenters. The lowest BCUT2D eigenvalue weighted by Gasteiger charge is -2.07. The number of hydrogen-bond donors (Lipinski definition) is 1. The molecule has 0 amide bonds. The highest BCUT2D eigenvalue weighted by Gasteiger charge is 2.10. The molecule has 0 aliphatic heterocycles. The number of nitrogens with two attached hydrogens (primary N) is 1. The molecule has 0 heterocycles. The first-order valence-electron chi connectivity index (χ1n) is 4.50. The van der Waals surface area contributed by atoms with Crippen LogP contribution in [0.4, 0.5) is 0 Å². The van der Waals surface area contributed by atoms with Crippen LogP contribution >= 0.6 is 0 Å². The molecular weight excluding hydrogens is 138 g/mol. The molecule has 66 valence electrons. The van der Waals surface area contributed by atoms with Gasteiger partial charge >= 0.3 is 0 Å². The fourth-order valence-electron chi connectivity index (χ4n) is 1.02. The van der Waals surface area contributed by atoms with Crippen LogP contribution in [0.3, 0.4) is 0 Å². The minimum absolute atomic E-state index is 0.199. The minimum atomic E-state index is -0.199. The molecule has 0 aromatic heterocycles. The van der Waals surface area contributed by atoms with E-state index in [-0.39, 0.29) is 11.8 Å². The monoisotopic (exact) mass is 157 g/mol. The highest BCUT2D eigenvalue weighted by atomic mass is 16.1. The third-order valence-electron chi connectivity index (χ3n) is 1.78. The largest absolute Gasteiger partial charge is 0.322 e. The van der Waals surface area contributed by atoms with Crippen molar-refractivity contribution < 1.29 is 4.79 Å². The van der Waals surface area contributed by atoms with Crippen LogP contribution in [0.5, 0.6) is 0 Å². The number of ketones is 1. The number of unbranched alkanes of at least 4 members (excludes halogenated alkanes) is 1. The molecular formula is C9H19NO. The van der Waals surface area contributed by atoms with Crippen molar-refractivity contribution in [2.24, 2.45) is 5.73 Å². The van der Waals surface area contributed by atoms with Gasteiger partial charge in [-0.05, 0) is 12.8 Å². The van der Waals surface area contributed by atoms with E-state index < -0.39 is 0 Å². The van der Waals surface area contributed by atoms with E-state index in [9.17, 15) is 4.79 Å². The molecule has 2 heteroatoms. The maximum atomic E-state index is 11.1. The molecule has 0 aromatic rings. The van der Waals surface area contributed by atoms with Crippen LogP contribution < -0.4 is 5.73 Å². The second-order valence-corrected chi connectivity index (χ2v) is 2.97. The zero-order valence-corrected chi connectivity index (χ0v) is 7.60. The normalized spacial score (nSPS) is 13.0. The zero-order chi connectivity index (χ0) is 8.69. The lowest BCUT2D eigenvalue weighted by Crippen LogP contribution is -2.29. The topological polar surface area (TPSA) is 43.1 Å². The Bertz CT molecular complexity index is 112. The van der Waals surface area contributed by atoms with Crippen molar-refractivity contribution in [3.05, 3.63) is 0 Å². The fraction of sp³-hybridized carbons (Fsp3) is 0.889. The molecule has 0 radical (unpaired) electrons. The average molecular weight is 157 g/mol. The summed E-state index contributed by atoms with van der Waals surface area (Å²) in [5.41, 5.74) is 5.64. The standard InChI is InChI=1S/C9H19NO/c1-3-5-7-8(10)9(11)6-4-2/h8H,3-7,10H2,1-2H3. The summed E-state index contributed by atoms with van der Waals surface area (Å²) in [5, 5.41) is 0. The van der Waals surface area contributed by atoms with Gasteiger partial charge in [0.15, 0.2) is 0 Å². The van der Waals surface area contributed by atoms with Gasteiger partial charge in [0.2, 0.25) is 0 Å². The zero-order valence-electron chi connectivity index (χ0n) is 7.60. The molecule has 0 saturated heterocycles. The molecule has 0 aliphatic rings. The van der Waals surface area contributed by atoms with E-state index in [2.05, 4.69) is 6.92 Å². The summed E-state index contributed by atoms with van der Waals surface area (Å²) >= 11 is 0. The molecule has 0 aromatic carbocycles. The number of carbonyl (C=O) groups excluding carboxylic acids is 1. The van der Waals surface area contributed by atoms with Crippen LogP contribution in [0.2, 0.25) is 0 Å². The van der Waals surface area contributed by atoms with Gasteiger partial charge in [-0.15, -0.1) is 0 Å². The van der Waals surface area contributed by atoms with Gasteiger partial charge in [-0.1, -0.05) is 26.7 Å². The third-order valence-corrected chi connectivity index (χ3v) is 1.78. The number of Topliss-reactive ketones (excluding diaryl/α,β-unsaturated/α-hetero) is 1. The van der Waals surface area contributed by atoms with E-state index in [1.165, 1.54) is 0 Å². The summed E-state index contributed by atoms with van der Waals surface area (Å²) in [4.78, 5) is 11.1. The Balaban J connectivity index is 3.46. The maximum Gasteiger partial charge on any atom is 0.149 e. The van der Waals surface area contributed by atoms with Crippen LogP contribution in [0.15, 0.2) is 0 Å². The summed E-state index contributed by atoms with van der Waals surface area (Å²) in [6.45, 7) is 4.11. The quantitative estimate of drug-likeness (QED) is 0.639. The molecule has 0 rings (SSSR count). The molecule has 0 fully saturated rings. The van der Waals surface area contributed by atoms with Crippen molar-refractivity contribution in [3.63, 3.8) is 0 Å². The molecule has 2 nitrogen and oxygen atoms in total. The summed E-state index contributed by atoms with van der Waals surface area (Å²) in [6, 6.07) is -0.199. The van der Waals surface area contributed by atoms with E-state index in [4.69, 9.17) is 5.73 Å². The van der Waals surface area contributed by atoms with Gasteiger partial charge in [-0.3, -0.25) is 4.79 Å². The van der Waals surface area contributed by atoms with Crippen molar-refractivity contribution in [2.75, 3.05) is 0 Å². The third kappa shape index (κ3) is 4.96. The van der Waals surface area contributed by atoms with Gasteiger partial charge in [0, 0.05) is 6.42 Å². The molecule has 1 unspecified atom stereocenters. The van der Waals surface area contributed by atoms with Gasteiger partial charge in [0.25, 0.3) is 0 Å². The summed E-state index contributed by atoms with van der Waals surface area (Å²) < 4.78 is 0. The van der Waals surface area contributed by atoms with Crippen LogP contribution in [0.1, 0.15) is 46.0 Å². The Kier molecular flexibility index (Phi) is 6.13. The lowest BCUT2D eigenvalue weighted by molar-refractivity contribution is -0.120. The Labute approximate surface area is 69.2 Å². The summed E-state index contributed by atoms with van der Waals surface area (Å²) in [5.74, 6) is 0.223. The first-order valence-corrected chi connectivity index (χ1v) is 4.50. The van der Waals surface area contributed by atoms with Crippen LogP contribution in [0, 0.1) is 0 Å². The Morgan fingerprint density at radius 3 is 2.45 bits per heavy atom. The minimum Gasteiger partial charge on any atom is -0.322 e. The average Bonchev–Trinajstić information content (AvgIpc) is 2.00. The molecule has 11 heavy (non-hydrogen) atoms. The van der Waals surface area contributed by atoms with Gasteiger partial charge < -0.3 is 5.73 Å². The van der Waals surface area contributed by atoms with Crippen molar-refractivity contribution in [2.45, 2.75) is 52.0 Å². The van der Waals surface area contributed by atoms with Crippen molar-refractivity contribution in [3.8, 4) is 0 Å². The molecule has 0 aliphatic carbocycles. The van der Waals surface area contributed by atoms with Crippen LogP contribution in [-0.4, -0.2) is 11.8 Å². The number of hydrogen-bond acceptors (Lipinski definition) is 2. The lowest BCUT2D eigenvalue weighted by atomic mass is 10.0. The van der Waals surface area contributed by atoms with E-state index in [1.54, 1.807) is 0 Å². The number of carbonyl (C=O) groups is 1. The molecule has 0 bridgehead atoms. The van der Waals surface area contributed by atoms with Crippen molar-refractivity contribution in [1.29, 1.82) is 0 Å². The second-order valence-electron chi connectivity index (χ2n) is 2.97. The highest BCUT2D eigenvalue weighted by Crippen LogP contribution is 2.02. The maximum absolute atomic E-state index is 11.1. The SMILES string of the molecule is CCCCC(N)C(=O)CCC. The Morgan fingerprint density at radius 2 is 2.00 bits per heavy atom. The van der Waals surface area contributed by atoms with Gasteiger partial charge in [-0.25, -0.2) is 0 Å². The van der Waals surface area contributed by atoms with E-state index in [0.29, 0.717) is 6.42 Å². The predicted molar refractivity (Wildman–Crippen MR) is 47.4 cm³/mol. The van der Waals surface area contributed by atoms with E-state index in [1.807, 2.05) is 6.92 Å². The van der Waals surface area contributed by atoms with E-state index >= 15 is 0 Å². The molecule has 0 saturated carbocycles. The number of rotatable bonds is 6. The predicted octanol–water partition coefficient (Wildman–Crippen LogP) is 1.87. The second kappa shape index (κ2) is 6.35. The fourth-order valence-corrected chi connectivity index (χ4v) is 1.02. The van der Waals surface area contributed by atoms with Crippen LogP contribution in [0.25, 0.3) is 0 Å². The van der Waals surface area contributed by atoms with Gasteiger partial charge in [0.05, 0.1) is 6.04 Å². The molecule has 0 spiro atoms. The Hall–Kier alpha value is -0.370. The summed E-state index contributed by atoms with van der Waals surface area (Å²) in [7, 11) is 0. The first-order chi connectivity index (χ1) is 5.22. The van der Waals surface area contributed by atoms with Gasteiger partial charge in [-0.2, -0.15) is 0 Å². The van der Waals surface area contributed by atoms with Gasteiger partial charge in [0.1, 0.15) is 5.78 Å². The van der Waals surface area contributed by atoms with E-state index in [0.717, 1.165) is 25.7 Å². The first kappa shape index (κ1) is 10.6. The Morgan fingerprint density at radius 1 is 1.36 bits per heavy atom. The summed E-state index contributed by atoms with van der Waals surface area (Å²) in [6.07, 6.45) is 4.60. The smallest absolute Gasteiger partial charge is 0.149 e. The van der Waals surface area contributed by atoms with Crippen molar-refractivity contribution in [1.82, 2.24) is 0 Å². The highest BCUT2D eigenvalue weighted by molar-refractivity contribution is 5.83. The van der Waals surface area contributed by atoms with Crippen LogP contribution in [-0.2, 0) is 4.79 Å².